The highest BCUT2D eigenvalue weighted by molar-refractivity contribution is 8.04. The van der Waals surface area contributed by atoms with Crippen LogP contribution in [0.1, 0.15) is 31.0 Å². The van der Waals surface area contributed by atoms with Gasteiger partial charge >= 0.3 is 0 Å². The molecule has 0 radical (unpaired) electrons. The second-order valence-corrected chi connectivity index (χ2v) is 9.82. The molecule has 2 N–H and O–H groups in total. The molecule has 0 saturated carbocycles. The number of para-hydroxylation sites is 1. The molecular formula is C23H24N2OS2. The van der Waals surface area contributed by atoms with Gasteiger partial charge in [0.2, 0.25) is 0 Å². The van der Waals surface area contributed by atoms with Crippen molar-refractivity contribution in [3.8, 4) is 5.75 Å². The van der Waals surface area contributed by atoms with E-state index in [9.17, 15) is 5.11 Å². The molecule has 0 spiro atoms. The van der Waals surface area contributed by atoms with Gasteiger partial charge in [-0.3, -0.25) is 10.3 Å². The van der Waals surface area contributed by atoms with Crippen LogP contribution in [0, 0.1) is 5.92 Å². The molecule has 4 unspecified atom stereocenters. The Kier molecular flexibility index (Phi) is 4.99. The average molecular weight is 409 g/mol. The zero-order valence-electron chi connectivity index (χ0n) is 15.8. The molecule has 28 heavy (non-hydrogen) atoms. The van der Waals surface area contributed by atoms with Crippen molar-refractivity contribution >= 4 is 29.2 Å². The molecule has 1 aromatic carbocycles. The van der Waals surface area contributed by atoms with Gasteiger partial charge in [-0.2, -0.15) is 0 Å². The van der Waals surface area contributed by atoms with Crippen LogP contribution in [0.5, 0.6) is 5.75 Å². The summed E-state index contributed by atoms with van der Waals surface area (Å²) in [6.07, 6.45) is 16.5. The van der Waals surface area contributed by atoms with Crippen molar-refractivity contribution in [3.05, 3.63) is 76.3 Å². The van der Waals surface area contributed by atoms with Gasteiger partial charge in [-0.05, 0) is 41.2 Å². The van der Waals surface area contributed by atoms with Crippen LogP contribution in [0.25, 0.3) is 0 Å². The molecule has 2 heterocycles. The Balaban J connectivity index is 1.53. The van der Waals surface area contributed by atoms with E-state index in [4.69, 9.17) is 4.99 Å². The third kappa shape index (κ3) is 3.19. The smallest absolute Gasteiger partial charge is 0.130 e. The van der Waals surface area contributed by atoms with Crippen molar-refractivity contribution in [2.45, 2.75) is 36.1 Å². The van der Waals surface area contributed by atoms with Crippen LogP contribution in [-0.4, -0.2) is 27.7 Å². The van der Waals surface area contributed by atoms with Crippen molar-refractivity contribution in [3.63, 3.8) is 0 Å². The Bertz CT molecular complexity index is 944. The lowest BCUT2D eigenvalue weighted by molar-refractivity contribution is 0.442. The molecule has 144 valence electrons. The minimum Gasteiger partial charge on any atom is -0.508 e. The van der Waals surface area contributed by atoms with Crippen LogP contribution < -0.4 is 5.32 Å². The van der Waals surface area contributed by atoms with E-state index in [-0.39, 0.29) is 11.5 Å². The van der Waals surface area contributed by atoms with E-state index in [1.165, 1.54) is 16.9 Å². The Morgan fingerprint density at radius 3 is 2.93 bits per heavy atom. The van der Waals surface area contributed by atoms with Crippen LogP contribution in [0.15, 0.2) is 75.7 Å². The lowest BCUT2D eigenvalue weighted by Crippen LogP contribution is -2.37. The summed E-state index contributed by atoms with van der Waals surface area (Å²) in [4.78, 5) is 6.66. The zero-order valence-corrected chi connectivity index (χ0v) is 17.5. The maximum Gasteiger partial charge on any atom is 0.130 e. The normalized spacial score (nSPS) is 31.3. The van der Waals surface area contributed by atoms with Gasteiger partial charge in [-0.1, -0.05) is 48.6 Å². The zero-order chi connectivity index (χ0) is 19.1. The van der Waals surface area contributed by atoms with Crippen LogP contribution >= 0.6 is 23.5 Å². The van der Waals surface area contributed by atoms with Crippen LogP contribution in [-0.2, 0) is 0 Å². The predicted octanol–water partition coefficient (Wildman–Crippen LogP) is 5.35. The molecule has 4 aliphatic rings. The Hall–Kier alpha value is -1.69. The monoisotopic (exact) mass is 408 g/mol. The molecule has 2 aliphatic heterocycles. The highest BCUT2D eigenvalue weighted by Gasteiger charge is 2.38. The third-order valence-electron chi connectivity index (χ3n) is 5.84. The highest BCUT2D eigenvalue weighted by atomic mass is 32.2. The summed E-state index contributed by atoms with van der Waals surface area (Å²) < 4.78 is 0. The van der Waals surface area contributed by atoms with Crippen LogP contribution in [0.4, 0.5) is 0 Å². The fourth-order valence-electron chi connectivity index (χ4n) is 4.49. The molecule has 0 aromatic heterocycles. The van der Waals surface area contributed by atoms with Crippen molar-refractivity contribution in [1.29, 1.82) is 0 Å². The van der Waals surface area contributed by atoms with Gasteiger partial charge in [0, 0.05) is 28.9 Å². The molecule has 0 saturated heterocycles. The number of phenolic OH excluding ortho intramolecular Hbond substituents is 1. The van der Waals surface area contributed by atoms with Gasteiger partial charge < -0.3 is 5.11 Å². The Morgan fingerprint density at radius 2 is 2.07 bits per heavy atom. The van der Waals surface area contributed by atoms with E-state index in [0.29, 0.717) is 16.9 Å². The minimum atomic E-state index is -0.207. The van der Waals surface area contributed by atoms with E-state index in [0.717, 1.165) is 24.8 Å². The van der Waals surface area contributed by atoms with Gasteiger partial charge in [0.25, 0.3) is 0 Å². The Morgan fingerprint density at radius 1 is 1.21 bits per heavy atom. The van der Waals surface area contributed by atoms with E-state index in [1.807, 2.05) is 41.7 Å². The van der Waals surface area contributed by atoms with Crippen LogP contribution in [0.2, 0.25) is 0 Å². The Labute approximate surface area is 174 Å². The number of thioether (sulfide) groups is 2. The number of fused-ring (bicyclic) bond motifs is 2. The second-order valence-electron chi connectivity index (χ2n) is 7.50. The summed E-state index contributed by atoms with van der Waals surface area (Å²) in [6.45, 7) is 0. The van der Waals surface area contributed by atoms with E-state index in [2.05, 4.69) is 42.0 Å². The number of nitrogens with zero attached hydrogens (tertiary/aromatic N) is 1. The van der Waals surface area contributed by atoms with Crippen molar-refractivity contribution < 1.29 is 5.11 Å². The fraction of sp³-hybridized carbons (Fsp3) is 0.348. The van der Waals surface area contributed by atoms with Gasteiger partial charge in [-0.25, -0.2) is 0 Å². The molecule has 3 nitrogen and oxygen atoms in total. The van der Waals surface area contributed by atoms with E-state index < -0.39 is 0 Å². The first-order valence-corrected chi connectivity index (χ1v) is 12.0. The first-order chi connectivity index (χ1) is 13.7. The highest BCUT2D eigenvalue weighted by Crippen LogP contribution is 2.52. The van der Waals surface area contributed by atoms with E-state index >= 15 is 0 Å². The first kappa shape index (κ1) is 18.3. The number of benzene rings is 1. The molecule has 1 aromatic rings. The maximum atomic E-state index is 10.4. The second kappa shape index (κ2) is 7.62. The summed E-state index contributed by atoms with van der Waals surface area (Å²) in [5, 5.41) is 14.8. The van der Waals surface area contributed by atoms with Crippen molar-refractivity contribution in [1.82, 2.24) is 5.32 Å². The molecule has 5 rings (SSSR count). The molecular weight excluding hydrogens is 384 g/mol. The summed E-state index contributed by atoms with van der Waals surface area (Å²) in [5.74, 6) is 0.768. The van der Waals surface area contributed by atoms with Crippen LogP contribution in [0.3, 0.4) is 0 Å². The topological polar surface area (TPSA) is 44.6 Å². The molecule has 2 aliphatic carbocycles. The average Bonchev–Trinajstić information content (AvgIpc) is 3.12. The van der Waals surface area contributed by atoms with Gasteiger partial charge in [0.1, 0.15) is 11.9 Å². The first-order valence-electron chi connectivity index (χ1n) is 9.83. The molecule has 4 atom stereocenters. The van der Waals surface area contributed by atoms with Crippen molar-refractivity contribution in [2.24, 2.45) is 10.9 Å². The summed E-state index contributed by atoms with van der Waals surface area (Å²) >= 11 is 3.86. The molecule has 0 bridgehead atoms. The minimum absolute atomic E-state index is 0.207. The number of rotatable bonds is 3. The molecule has 0 fully saturated rings. The summed E-state index contributed by atoms with van der Waals surface area (Å²) in [6, 6.07) is 7.53. The number of aromatic hydroxyl groups is 1. The quantitative estimate of drug-likeness (QED) is 0.708. The maximum absolute atomic E-state index is 10.4. The molecule has 5 heteroatoms. The predicted molar refractivity (Wildman–Crippen MR) is 121 cm³/mol. The number of nitrogens with one attached hydrogen (secondary N) is 1. The number of hydrogen-bond acceptors (Lipinski definition) is 5. The number of aliphatic imine (C=N–C) groups is 1. The number of hydrogen-bond donors (Lipinski definition) is 2. The standard InChI is InChI=1S/C23H24N2OS2/c1-27-21-13-17(24-23(25-21)15-7-2-4-10-18(15)26)14-9-6-12-20-22(14)16-8-3-5-11-19(16)28-20/h2-5,7-11,16,19,21,23,25-26H,6,12-13H2,1H3. The SMILES string of the molecule is CSC1CC(C2=CCCC3=C2C2C=CC=CC2S3)=NC(c2ccccc2O)N1. The number of phenols is 1. The van der Waals surface area contributed by atoms with Gasteiger partial charge in [0.05, 0.1) is 5.37 Å². The number of allylic oxidation sites excluding steroid dienone is 7. The lowest BCUT2D eigenvalue weighted by Gasteiger charge is -2.32. The van der Waals surface area contributed by atoms with Gasteiger partial charge in [-0.15, -0.1) is 23.5 Å². The lowest BCUT2D eigenvalue weighted by atomic mass is 9.81. The summed E-state index contributed by atoms with van der Waals surface area (Å²) in [7, 11) is 0. The third-order valence-corrected chi connectivity index (χ3v) is 8.14. The van der Waals surface area contributed by atoms with Gasteiger partial charge in [0.15, 0.2) is 0 Å². The summed E-state index contributed by atoms with van der Waals surface area (Å²) in [5.41, 5.74) is 4.88. The fourth-order valence-corrected chi connectivity index (χ4v) is 6.56. The van der Waals surface area contributed by atoms with E-state index in [1.54, 1.807) is 11.0 Å². The largest absolute Gasteiger partial charge is 0.508 e. The molecule has 0 amide bonds. The van der Waals surface area contributed by atoms with Crippen molar-refractivity contribution in [2.75, 3.05) is 6.26 Å².